The molecule has 6 nitrogen and oxygen atoms in total. The number of methoxy groups -OCH3 is 2. The maximum atomic E-state index is 13.6. The molecule has 1 saturated heterocycles. The van der Waals surface area contributed by atoms with Crippen molar-refractivity contribution in [2.75, 3.05) is 27.3 Å². The summed E-state index contributed by atoms with van der Waals surface area (Å²) in [4.78, 5) is 30.3. The van der Waals surface area contributed by atoms with E-state index in [0.29, 0.717) is 19.5 Å². The highest BCUT2D eigenvalue weighted by Crippen LogP contribution is 2.34. The summed E-state index contributed by atoms with van der Waals surface area (Å²) in [7, 11) is 3.28. The van der Waals surface area contributed by atoms with E-state index in [1.54, 1.807) is 14.2 Å². The molecule has 1 saturated carbocycles. The Bertz CT molecular complexity index is 942. The second-order valence-corrected chi connectivity index (χ2v) is 8.72. The Morgan fingerprint density at radius 1 is 1.03 bits per heavy atom. The summed E-state index contributed by atoms with van der Waals surface area (Å²) in [5.41, 5.74) is 1.95. The van der Waals surface area contributed by atoms with Crippen molar-refractivity contribution in [2.45, 2.75) is 44.7 Å². The van der Waals surface area contributed by atoms with Crippen molar-refractivity contribution in [3.8, 4) is 11.5 Å². The first-order valence-electron chi connectivity index (χ1n) is 11.4. The zero-order chi connectivity index (χ0) is 22.5. The fourth-order valence-electron chi connectivity index (χ4n) is 4.48. The van der Waals surface area contributed by atoms with Gasteiger partial charge in [-0.1, -0.05) is 30.3 Å². The molecule has 2 aromatic rings. The minimum absolute atomic E-state index is 0.0983. The van der Waals surface area contributed by atoms with Crippen molar-refractivity contribution in [3.63, 3.8) is 0 Å². The summed E-state index contributed by atoms with van der Waals surface area (Å²) in [5.74, 6) is 1.60. The van der Waals surface area contributed by atoms with Crippen molar-refractivity contribution in [3.05, 3.63) is 59.7 Å². The van der Waals surface area contributed by atoms with E-state index in [1.165, 1.54) is 0 Å². The molecule has 1 unspecified atom stereocenters. The van der Waals surface area contributed by atoms with Crippen LogP contribution in [0.5, 0.6) is 11.5 Å². The van der Waals surface area contributed by atoms with E-state index in [2.05, 4.69) is 0 Å². The summed E-state index contributed by atoms with van der Waals surface area (Å²) in [5, 5.41) is 0. The zero-order valence-electron chi connectivity index (χ0n) is 19.0. The van der Waals surface area contributed by atoms with Crippen molar-refractivity contribution < 1.29 is 19.1 Å². The van der Waals surface area contributed by atoms with E-state index in [0.717, 1.165) is 54.9 Å². The molecule has 0 spiro atoms. The van der Waals surface area contributed by atoms with Gasteiger partial charge in [-0.3, -0.25) is 9.59 Å². The first-order chi connectivity index (χ1) is 15.6. The Kier molecular flexibility index (Phi) is 6.98. The lowest BCUT2D eigenvalue weighted by Gasteiger charge is -2.35. The Morgan fingerprint density at radius 3 is 2.50 bits per heavy atom. The molecule has 32 heavy (non-hydrogen) atoms. The van der Waals surface area contributed by atoms with E-state index in [9.17, 15) is 9.59 Å². The Morgan fingerprint density at radius 2 is 1.81 bits per heavy atom. The number of amides is 2. The van der Waals surface area contributed by atoms with Crippen molar-refractivity contribution in [1.82, 2.24) is 9.80 Å². The fraction of sp³-hybridized carbons (Fsp3) is 0.462. The molecule has 0 N–H and O–H groups in total. The van der Waals surface area contributed by atoms with Gasteiger partial charge in [-0.15, -0.1) is 0 Å². The molecule has 2 aromatic carbocycles. The number of nitrogens with zero attached hydrogens (tertiary/aromatic N) is 2. The molecule has 2 amide bonds. The smallest absolute Gasteiger partial charge is 0.228 e. The highest BCUT2D eigenvalue weighted by molar-refractivity contribution is 5.83. The van der Waals surface area contributed by atoms with Gasteiger partial charge in [0.15, 0.2) is 0 Å². The molecule has 1 aliphatic heterocycles. The summed E-state index contributed by atoms with van der Waals surface area (Å²) in [6, 6.07) is 15.8. The monoisotopic (exact) mass is 436 g/mol. The van der Waals surface area contributed by atoms with Crippen LogP contribution in [0.2, 0.25) is 0 Å². The Labute approximate surface area is 190 Å². The predicted octanol–water partition coefficient (Wildman–Crippen LogP) is 3.68. The van der Waals surface area contributed by atoms with Crippen LogP contribution in [-0.2, 0) is 22.6 Å². The molecule has 2 aliphatic rings. The number of benzene rings is 2. The van der Waals surface area contributed by atoms with Gasteiger partial charge in [0, 0.05) is 31.2 Å². The Balaban J connectivity index is 1.45. The molecule has 1 aliphatic carbocycles. The SMILES string of the molecule is COc1ccc(OC)c(CN(C(=O)C2CCCN(C(=O)Cc3ccccc3)C2)C2CC2)c1. The quantitative estimate of drug-likeness (QED) is 0.634. The normalized spacial score (nSPS) is 18.2. The van der Waals surface area contributed by atoms with Crippen LogP contribution >= 0.6 is 0 Å². The van der Waals surface area contributed by atoms with Gasteiger partial charge in [-0.25, -0.2) is 0 Å². The van der Waals surface area contributed by atoms with Gasteiger partial charge in [-0.05, 0) is 49.4 Å². The lowest BCUT2D eigenvalue weighted by Crippen LogP contribution is -2.47. The first kappa shape index (κ1) is 22.2. The summed E-state index contributed by atoms with van der Waals surface area (Å²) in [6.45, 7) is 1.73. The van der Waals surface area contributed by atoms with Crippen LogP contribution in [-0.4, -0.2) is 55.0 Å². The van der Waals surface area contributed by atoms with E-state index >= 15 is 0 Å². The number of likely N-dealkylation sites (tertiary alicyclic amines) is 1. The minimum atomic E-state index is -0.152. The second kappa shape index (κ2) is 10.1. The van der Waals surface area contributed by atoms with E-state index in [1.807, 2.05) is 58.3 Å². The third-order valence-electron chi connectivity index (χ3n) is 6.42. The van der Waals surface area contributed by atoms with E-state index < -0.39 is 0 Å². The Hall–Kier alpha value is -3.02. The molecule has 170 valence electrons. The maximum absolute atomic E-state index is 13.6. The highest BCUT2D eigenvalue weighted by atomic mass is 16.5. The lowest BCUT2D eigenvalue weighted by atomic mass is 9.95. The number of rotatable bonds is 8. The van der Waals surface area contributed by atoms with Gasteiger partial charge in [0.05, 0.1) is 26.6 Å². The average Bonchev–Trinajstić information content (AvgIpc) is 3.68. The molecule has 6 heteroatoms. The molecule has 0 aromatic heterocycles. The first-order valence-corrected chi connectivity index (χ1v) is 11.4. The molecule has 0 radical (unpaired) electrons. The molecular weight excluding hydrogens is 404 g/mol. The van der Waals surface area contributed by atoms with Crippen LogP contribution < -0.4 is 9.47 Å². The number of piperidine rings is 1. The number of hydrogen-bond donors (Lipinski definition) is 0. The van der Waals surface area contributed by atoms with Gasteiger partial charge >= 0.3 is 0 Å². The topological polar surface area (TPSA) is 59.1 Å². The number of carbonyl (C=O) groups excluding carboxylic acids is 2. The van der Waals surface area contributed by atoms with Crippen LogP contribution in [0.3, 0.4) is 0 Å². The summed E-state index contributed by atoms with van der Waals surface area (Å²) < 4.78 is 10.9. The lowest BCUT2D eigenvalue weighted by molar-refractivity contribution is -0.141. The standard InChI is InChI=1S/C26H32N2O4/c1-31-23-12-13-24(32-2)21(16-23)18-28(22-10-11-22)26(30)20-9-6-14-27(17-20)25(29)15-19-7-4-3-5-8-19/h3-5,7-8,12-13,16,20,22H,6,9-11,14-15,17-18H2,1-2H3. The third-order valence-corrected chi connectivity index (χ3v) is 6.42. The largest absolute Gasteiger partial charge is 0.497 e. The zero-order valence-corrected chi connectivity index (χ0v) is 19.0. The van der Waals surface area contributed by atoms with Gasteiger partial charge in [0.1, 0.15) is 11.5 Å². The van der Waals surface area contributed by atoms with Gasteiger partial charge in [0.2, 0.25) is 11.8 Å². The molecule has 2 fully saturated rings. The number of ether oxygens (including phenoxy) is 2. The number of hydrogen-bond acceptors (Lipinski definition) is 4. The fourth-order valence-corrected chi connectivity index (χ4v) is 4.48. The second-order valence-electron chi connectivity index (χ2n) is 8.72. The maximum Gasteiger partial charge on any atom is 0.228 e. The van der Waals surface area contributed by atoms with Gasteiger partial charge in [0.25, 0.3) is 0 Å². The van der Waals surface area contributed by atoms with Crippen LogP contribution in [0.15, 0.2) is 48.5 Å². The molecular formula is C26H32N2O4. The number of carbonyl (C=O) groups is 2. The van der Waals surface area contributed by atoms with Crippen LogP contribution in [0.25, 0.3) is 0 Å². The molecule has 1 heterocycles. The van der Waals surface area contributed by atoms with Crippen molar-refractivity contribution in [2.24, 2.45) is 5.92 Å². The highest BCUT2D eigenvalue weighted by Gasteiger charge is 2.38. The summed E-state index contributed by atoms with van der Waals surface area (Å²) in [6.07, 6.45) is 4.13. The average molecular weight is 437 g/mol. The predicted molar refractivity (Wildman–Crippen MR) is 123 cm³/mol. The summed E-state index contributed by atoms with van der Waals surface area (Å²) >= 11 is 0. The van der Waals surface area contributed by atoms with Gasteiger partial charge < -0.3 is 19.3 Å². The molecule has 1 atom stereocenters. The van der Waals surface area contributed by atoms with Crippen molar-refractivity contribution >= 4 is 11.8 Å². The van der Waals surface area contributed by atoms with Crippen LogP contribution in [0, 0.1) is 5.92 Å². The molecule has 4 rings (SSSR count). The van der Waals surface area contributed by atoms with E-state index in [-0.39, 0.29) is 23.8 Å². The third kappa shape index (κ3) is 5.23. The molecule has 0 bridgehead atoms. The van der Waals surface area contributed by atoms with Crippen LogP contribution in [0.4, 0.5) is 0 Å². The van der Waals surface area contributed by atoms with Crippen LogP contribution in [0.1, 0.15) is 36.8 Å². The minimum Gasteiger partial charge on any atom is -0.497 e. The van der Waals surface area contributed by atoms with Crippen molar-refractivity contribution in [1.29, 1.82) is 0 Å². The van der Waals surface area contributed by atoms with E-state index in [4.69, 9.17) is 9.47 Å². The van der Waals surface area contributed by atoms with Gasteiger partial charge in [-0.2, -0.15) is 0 Å².